The van der Waals surface area contributed by atoms with Crippen molar-refractivity contribution in [1.82, 2.24) is 5.32 Å². The molecule has 0 atom stereocenters. The Morgan fingerprint density at radius 2 is 1.76 bits per heavy atom. The van der Waals surface area contributed by atoms with Crippen LogP contribution in [0, 0.1) is 16.7 Å². The number of nitrogens with one attached hydrogen (secondary N) is 2. The lowest BCUT2D eigenvalue weighted by Gasteiger charge is -2.22. The largest absolute Gasteiger partial charge is 0.355 e. The van der Waals surface area contributed by atoms with Crippen LogP contribution in [0.15, 0.2) is 54.6 Å². The van der Waals surface area contributed by atoms with Gasteiger partial charge in [-0.15, -0.1) is 0 Å². The van der Waals surface area contributed by atoms with Crippen molar-refractivity contribution in [3.63, 3.8) is 0 Å². The number of carbonyl (C=O) groups excluding carboxylic acids is 2. The van der Waals surface area contributed by atoms with Gasteiger partial charge in [0.1, 0.15) is 5.41 Å². The molecule has 0 radical (unpaired) electrons. The summed E-state index contributed by atoms with van der Waals surface area (Å²) in [4.78, 5) is 24.8. The van der Waals surface area contributed by atoms with Crippen LogP contribution in [0.25, 0.3) is 0 Å². The number of carbonyl (C=O) groups is 2. The van der Waals surface area contributed by atoms with Crippen LogP contribution in [-0.4, -0.2) is 18.4 Å². The predicted octanol–water partition coefficient (Wildman–Crippen LogP) is 2.88. The molecular formula is C20H21N3O2. The van der Waals surface area contributed by atoms with Crippen molar-refractivity contribution < 1.29 is 9.59 Å². The highest BCUT2D eigenvalue weighted by molar-refractivity contribution is 6.09. The Morgan fingerprint density at radius 1 is 1.04 bits per heavy atom. The van der Waals surface area contributed by atoms with E-state index in [1.807, 2.05) is 36.4 Å². The molecule has 0 aromatic heterocycles. The van der Waals surface area contributed by atoms with Gasteiger partial charge in [-0.25, -0.2) is 0 Å². The van der Waals surface area contributed by atoms with Crippen LogP contribution in [0.5, 0.6) is 0 Å². The summed E-state index contributed by atoms with van der Waals surface area (Å²) < 4.78 is 0. The average molecular weight is 335 g/mol. The maximum atomic E-state index is 12.5. The Balaban J connectivity index is 1.92. The first-order valence-electron chi connectivity index (χ1n) is 8.07. The minimum atomic E-state index is -1.22. The Labute approximate surface area is 147 Å². The Kier molecular flexibility index (Phi) is 5.91. The van der Waals surface area contributed by atoms with Crippen molar-refractivity contribution >= 4 is 17.5 Å². The lowest BCUT2D eigenvalue weighted by atomic mass is 9.90. The molecule has 5 nitrogen and oxygen atoms in total. The zero-order valence-corrected chi connectivity index (χ0v) is 14.4. The van der Waals surface area contributed by atoms with Gasteiger partial charge in [-0.05, 0) is 44.0 Å². The summed E-state index contributed by atoms with van der Waals surface area (Å²) in [5.41, 5.74) is 0.842. The molecular weight excluding hydrogens is 314 g/mol. The van der Waals surface area contributed by atoms with Crippen LogP contribution in [0.2, 0.25) is 0 Å². The molecule has 0 aliphatic carbocycles. The van der Waals surface area contributed by atoms with Crippen molar-refractivity contribution in [3.8, 4) is 6.07 Å². The van der Waals surface area contributed by atoms with E-state index >= 15 is 0 Å². The van der Waals surface area contributed by atoms with Gasteiger partial charge in [-0.2, -0.15) is 5.26 Å². The fourth-order valence-corrected chi connectivity index (χ4v) is 2.24. The number of anilines is 1. The number of benzene rings is 2. The highest BCUT2D eigenvalue weighted by atomic mass is 16.2. The quantitative estimate of drug-likeness (QED) is 0.796. The molecule has 0 bridgehead atoms. The lowest BCUT2D eigenvalue weighted by molar-refractivity contribution is -0.138. The van der Waals surface area contributed by atoms with Crippen molar-refractivity contribution in [3.05, 3.63) is 65.7 Å². The fraction of sp³-hybridized carbons (Fsp3) is 0.250. The van der Waals surface area contributed by atoms with Crippen molar-refractivity contribution in [2.75, 3.05) is 11.9 Å². The fourth-order valence-electron chi connectivity index (χ4n) is 2.24. The molecule has 0 heterocycles. The molecule has 0 spiro atoms. The summed E-state index contributed by atoms with van der Waals surface area (Å²) in [6, 6.07) is 18.4. The zero-order valence-electron chi connectivity index (χ0n) is 14.4. The topological polar surface area (TPSA) is 82.0 Å². The average Bonchev–Trinajstić information content (AvgIpc) is 2.62. The molecule has 0 saturated heterocycles. The number of amides is 2. The normalized spacial score (nSPS) is 10.6. The second-order valence-corrected chi connectivity index (χ2v) is 6.26. The van der Waals surface area contributed by atoms with Crippen LogP contribution in [0.3, 0.4) is 0 Å². The molecule has 0 aliphatic rings. The second-order valence-electron chi connectivity index (χ2n) is 6.26. The van der Waals surface area contributed by atoms with E-state index < -0.39 is 11.3 Å². The molecule has 2 aromatic carbocycles. The van der Waals surface area contributed by atoms with Crippen molar-refractivity contribution in [2.45, 2.75) is 20.3 Å². The van der Waals surface area contributed by atoms with E-state index in [-0.39, 0.29) is 5.91 Å². The summed E-state index contributed by atoms with van der Waals surface area (Å²) in [5.74, 6) is -0.753. The van der Waals surface area contributed by atoms with Gasteiger partial charge < -0.3 is 10.6 Å². The number of nitriles is 1. The lowest BCUT2D eigenvalue weighted by Crippen LogP contribution is -2.45. The van der Waals surface area contributed by atoms with E-state index in [4.69, 9.17) is 5.26 Å². The van der Waals surface area contributed by atoms with Gasteiger partial charge in [-0.3, -0.25) is 9.59 Å². The van der Waals surface area contributed by atoms with Gasteiger partial charge in [0.2, 0.25) is 11.8 Å². The van der Waals surface area contributed by atoms with Crippen molar-refractivity contribution in [2.24, 2.45) is 5.41 Å². The van der Waals surface area contributed by atoms with Gasteiger partial charge in [0.25, 0.3) is 0 Å². The number of hydrogen-bond acceptors (Lipinski definition) is 3. The Morgan fingerprint density at radius 3 is 2.44 bits per heavy atom. The van der Waals surface area contributed by atoms with Crippen LogP contribution in [0.1, 0.15) is 25.0 Å². The third-order valence-corrected chi connectivity index (χ3v) is 3.93. The standard InChI is InChI=1S/C20H21N3O2/c1-20(2,18(24)22-12-11-15-7-4-3-5-8-15)19(25)23-17-10-6-9-16(13-17)14-21/h3-10,13H,11-12H2,1-2H3,(H,22,24)(H,23,25). The van der Waals surface area contributed by atoms with Crippen molar-refractivity contribution in [1.29, 1.82) is 5.26 Å². The van der Waals surface area contributed by atoms with Gasteiger partial charge in [0.15, 0.2) is 0 Å². The number of hydrogen-bond donors (Lipinski definition) is 2. The summed E-state index contributed by atoms with van der Waals surface area (Å²) in [5, 5.41) is 14.4. The highest BCUT2D eigenvalue weighted by Crippen LogP contribution is 2.19. The Bertz CT molecular complexity index is 792. The highest BCUT2D eigenvalue weighted by Gasteiger charge is 2.35. The third-order valence-electron chi connectivity index (χ3n) is 3.93. The van der Waals surface area contributed by atoms with E-state index in [2.05, 4.69) is 10.6 Å². The molecule has 2 N–H and O–H groups in total. The minimum Gasteiger partial charge on any atom is -0.355 e. The summed E-state index contributed by atoms with van der Waals surface area (Å²) >= 11 is 0. The minimum absolute atomic E-state index is 0.336. The third kappa shape index (κ3) is 4.92. The van der Waals surface area contributed by atoms with Crippen LogP contribution in [-0.2, 0) is 16.0 Å². The maximum absolute atomic E-state index is 12.5. The number of rotatable bonds is 6. The SMILES string of the molecule is CC(C)(C(=O)NCCc1ccccc1)C(=O)Nc1cccc(C#N)c1. The van der Waals surface area contributed by atoms with Crippen LogP contribution < -0.4 is 10.6 Å². The first-order chi connectivity index (χ1) is 11.9. The monoisotopic (exact) mass is 335 g/mol. The molecule has 0 saturated carbocycles. The summed E-state index contributed by atoms with van der Waals surface area (Å²) in [6.07, 6.45) is 0.703. The van der Waals surface area contributed by atoms with E-state index in [1.54, 1.807) is 38.1 Å². The molecule has 25 heavy (non-hydrogen) atoms. The van der Waals surface area contributed by atoms with E-state index in [9.17, 15) is 9.59 Å². The van der Waals surface area contributed by atoms with Gasteiger partial charge in [0, 0.05) is 12.2 Å². The Hall–Kier alpha value is -3.13. The smallest absolute Gasteiger partial charge is 0.239 e. The first-order valence-corrected chi connectivity index (χ1v) is 8.07. The predicted molar refractivity (Wildman–Crippen MR) is 96.7 cm³/mol. The second kappa shape index (κ2) is 8.11. The molecule has 2 rings (SSSR count). The molecule has 2 aromatic rings. The first kappa shape index (κ1) is 18.2. The van der Waals surface area contributed by atoms with Crippen LogP contribution >= 0.6 is 0 Å². The molecule has 0 aliphatic heterocycles. The van der Waals surface area contributed by atoms with E-state index in [0.29, 0.717) is 24.2 Å². The molecule has 0 unspecified atom stereocenters. The summed E-state index contributed by atoms with van der Waals surface area (Å²) in [7, 11) is 0. The molecule has 0 fully saturated rings. The number of nitrogens with zero attached hydrogens (tertiary/aromatic N) is 1. The van der Waals surface area contributed by atoms with E-state index in [0.717, 1.165) is 5.56 Å². The van der Waals surface area contributed by atoms with Gasteiger partial charge >= 0.3 is 0 Å². The van der Waals surface area contributed by atoms with Crippen LogP contribution in [0.4, 0.5) is 5.69 Å². The zero-order chi connectivity index (χ0) is 18.3. The van der Waals surface area contributed by atoms with Gasteiger partial charge in [-0.1, -0.05) is 36.4 Å². The summed E-state index contributed by atoms with van der Waals surface area (Å²) in [6.45, 7) is 3.62. The van der Waals surface area contributed by atoms with E-state index in [1.165, 1.54) is 0 Å². The molecule has 5 heteroatoms. The van der Waals surface area contributed by atoms with Gasteiger partial charge in [0.05, 0.1) is 11.6 Å². The molecule has 128 valence electrons. The maximum Gasteiger partial charge on any atom is 0.239 e. The molecule has 2 amide bonds.